The zero-order valence-electron chi connectivity index (χ0n) is 17.1. The van der Waals surface area contributed by atoms with Gasteiger partial charge in [-0.3, -0.25) is 4.79 Å². The Morgan fingerprint density at radius 1 is 1.17 bits per heavy atom. The monoisotopic (exact) mass is 406 g/mol. The number of benzene rings is 1. The van der Waals surface area contributed by atoms with E-state index in [9.17, 15) is 4.79 Å². The van der Waals surface area contributed by atoms with E-state index in [1.165, 1.54) is 5.56 Å². The van der Waals surface area contributed by atoms with Crippen molar-refractivity contribution in [3.8, 4) is 0 Å². The minimum Gasteiger partial charge on any atom is -0.354 e. The van der Waals surface area contributed by atoms with Gasteiger partial charge in [0.1, 0.15) is 0 Å². The lowest BCUT2D eigenvalue weighted by molar-refractivity contribution is 0.0773. The maximum absolute atomic E-state index is 13.3. The number of nitrogens with zero attached hydrogens (tertiary/aromatic N) is 3. The molecule has 0 radical (unpaired) electrons. The van der Waals surface area contributed by atoms with Gasteiger partial charge >= 0.3 is 0 Å². The largest absolute Gasteiger partial charge is 0.354 e. The van der Waals surface area contributed by atoms with Gasteiger partial charge in [-0.2, -0.15) is 11.8 Å². The third-order valence-electron chi connectivity index (χ3n) is 5.22. The number of thioether (sulfide) groups is 1. The van der Waals surface area contributed by atoms with Crippen LogP contribution in [-0.4, -0.2) is 45.4 Å². The first-order chi connectivity index (χ1) is 14.0. The fourth-order valence-electron chi connectivity index (χ4n) is 3.53. The molecule has 5 nitrogen and oxygen atoms in total. The van der Waals surface area contributed by atoms with Crippen LogP contribution in [0.4, 0.5) is 11.4 Å². The van der Waals surface area contributed by atoms with Crippen LogP contribution < -0.4 is 5.32 Å². The van der Waals surface area contributed by atoms with Crippen LogP contribution in [-0.2, 0) is 0 Å². The smallest absolute Gasteiger partial charge is 0.257 e. The number of aromatic nitrogens is 2. The number of hydrogen-bond donors (Lipinski definition) is 1. The van der Waals surface area contributed by atoms with E-state index >= 15 is 0 Å². The molecule has 1 fully saturated rings. The molecule has 29 heavy (non-hydrogen) atoms. The van der Waals surface area contributed by atoms with Gasteiger partial charge in [0.25, 0.3) is 5.91 Å². The number of nitrogens with one attached hydrogen (secondary N) is 1. The molecule has 1 saturated heterocycles. The second-order valence-corrected chi connectivity index (χ2v) is 8.91. The predicted octanol–water partition coefficient (Wildman–Crippen LogP) is 4.99. The highest BCUT2D eigenvalue weighted by Crippen LogP contribution is 2.31. The van der Waals surface area contributed by atoms with Crippen molar-refractivity contribution in [2.45, 2.75) is 26.7 Å². The van der Waals surface area contributed by atoms with Crippen molar-refractivity contribution in [3.05, 3.63) is 59.4 Å². The maximum Gasteiger partial charge on any atom is 0.257 e. The molecule has 1 amide bonds. The van der Waals surface area contributed by atoms with Crippen molar-refractivity contribution < 1.29 is 4.79 Å². The minimum absolute atomic E-state index is 0.0304. The van der Waals surface area contributed by atoms with Crippen molar-refractivity contribution in [1.29, 1.82) is 0 Å². The standard InChI is InChI=1S/C23H26N4OS/c1-15(2)17-5-4-6-18(13-17)26-21-19-8-7-16(3)25-22(19)24-14-20(21)23(28)27-9-11-29-12-10-27/h4-8,13-15H,9-12H2,1-3H3,(H,24,25,26). The molecule has 4 rings (SSSR count). The van der Waals surface area contributed by atoms with Crippen molar-refractivity contribution in [3.63, 3.8) is 0 Å². The highest BCUT2D eigenvalue weighted by atomic mass is 32.2. The number of anilines is 2. The van der Waals surface area contributed by atoms with Crippen LogP contribution in [0.3, 0.4) is 0 Å². The first kappa shape index (κ1) is 19.7. The lowest BCUT2D eigenvalue weighted by Crippen LogP contribution is -2.38. The summed E-state index contributed by atoms with van der Waals surface area (Å²) in [5.41, 5.74) is 5.16. The molecule has 1 aromatic carbocycles. The van der Waals surface area contributed by atoms with Crippen LogP contribution in [0.25, 0.3) is 11.0 Å². The zero-order valence-corrected chi connectivity index (χ0v) is 17.9. The highest BCUT2D eigenvalue weighted by molar-refractivity contribution is 7.99. The minimum atomic E-state index is 0.0304. The van der Waals surface area contributed by atoms with Crippen LogP contribution in [0.5, 0.6) is 0 Å². The van der Waals surface area contributed by atoms with E-state index < -0.39 is 0 Å². The summed E-state index contributed by atoms with van der Waals surface area (Å²) in [6.07, 6.45) is 1.67. The van der Waals surface area contributed by atoms with E-state index in [0.717, 1.165) is 47.1 Å². The maximum atomic E-state index is 13.3. The fraction of sp³-hybridized carbons (Fsp3) is 0.348. The van der Waals surface area contributed by atoms with Crippen molar-refractivity contribution in [2.24, 2.45) is 0 Å². The third-order valence-corrected chi connectivity index (χ3v) is 6.16. The van der Waals surface area contributed by atoms with E-state index in [1.807, 2.05) is 47.9 Å². The molecule has 2 aromatic heterocycles. The van der Waals surface area contributed by atoms with E-state index in [-0.39, 0.29) is 5.91 Å². The number of carbonyl (C=O) groups is 1. The van der Waals surface area contributed by atoms with Gasteiger partial charge in [-0.25, -0.2) is 9.97 Å². The van der Waals surface area contributed by atoms with Gasteiger partial charge in [0, 0.05) is 47.6 Å². The van der Waals surface area contributed by atoms with E-state index in [0.29, 0.717) is 17.1 Å². The number of carbonyl (C=O) groups excluding carboxylic acids is 1. The average molecular weight is 407 g/mol. The molecule has 3 aromatic rings. The Bertz CT molecular complexity index is 1040. The molecule has 6 heteroatoms. The molecule has 150 valence electrons. The lowest BCUT2D eigenvalue weighted by Gasteiger charge is -2.27. The Hall–Kier alpha value is -2.60. The predicted molar refractivity (Wildman–Crippen MR) is 121 cm³/mol. The summed E-state index contributed by atoms with van der Waals surface area (Å²) in [4.78, 5) is 24.3. The molecule has 0 unspecified atom stereocenters. The number of fused-ring (bicyclic) bond motifs is 1. The van der Waals surface area contributed by atoms with E-state index in [2.05, 4.69) is 41.3 Å². The normalized spacial score (nSPS) is 14.4. The van der Waals surface area contributed by atoms with Gasteiger partial charge in [-0.1, -0.05) is 26.0 Å². The molecule has 3 heterocycles. The van der Waals surface area contributed by atoms with Gasteiger partial charge < -0.3 is 10.2 Å². The average Bonchev–Trinajstić information content (AvgIpc) is 2.74. The topological polar surface area (TPSA) is 58.1 Å². The molecule has 1 aliphatic rings. The van der Waals surface area contributed by atoms with Crippen LogP contribution in [0.15, 0.2) is 42.6 Å². The number of hydrogen-bond acceptors (Lipinski definition) is 5. The second kappa shape index (κ2) is 8.41. The summed E-state index contributed by atoms with van der Waals surface area (Å²) in [5.74, 6) is 2.42. The Morgan fingerprint density at radius 3 is 2.72 bits per heavy atom. The van der Waals surface area contributed by atoms with Crippen LogP contribution in [0.1, 0.15) is 41.4 Å². The summed E-state index contributed by atoms with van der Waals surface area (Å²) in [6.45, 7) is 7.85. The van der Waals surface area contributed by atoms with Gasteiger partial charge in [0.05, 0.1) is 11.3 Å². The molecular weight excluding hydrogens is 380 g/mol. The molecular formula is C23H26N4OS. The van der Waals surface area contributed by atoms with Crippen LogP contribution in [0.2, 0.25) is 0 Å². The summed E-state index contributed by atoms with van der Waals surface area (Å²) >= 11 is 1.89. The highest BCUT2D eigenvalue weighted by Gasteiger charge is 2.23. The van der Waals surface area contributed by atoms with Crippen LogP contribution in [0, 0.1) is 6.92 Å². The number of aryl methyl sites for hydroxylation is 1. The molecule has 0 aliphatic carbocycles. The first-order valence-corrected chi connectivity index (χ1v) is 11.2. The van der Waals surface area contributed by atoms with Gasteiger partial charge in [-0.05, 0) is 42.7 Å². The Balaban J connectivity index is 1.80. The summed E-state index contributed by atoms with van der Waals surface area (Å²) < 4.78 is 0. The van der Waals surface area contributed by atoms with Crippen LogP contribution >= 0.6 is 11.8 Å². The molecule has 1 aliphatic heterocycles. The SMILES string of the molecule is Cc1ccc2c(Nc3cccc(C(C)C)c3)c(C(=O)N3CCSCC3)cnc2n1. The Kier molecular flexibility index (Phi) is 5.72. The zero-order chi connectivity index (χ0) is 20.4. The number of rotatable bonds is 4. The first-order valence-electron chi connectivity index (χ1n) is 10.0. The van der Waals surface area contributed by atoms with Crippen molar-refractivity contribution >= 4 is 40.1 Å². The molecule has 1 N–H and O–H groups in total. The fourth-order valence-corrected chi connectivity index (χ4v) is 4.43. The van der Waals surface area contributed by atoms with Crippen molar-refractivity contribution in [1.82, 2.24) is 14.9 Å². The summed E-state index contributed by atoms with van der Waals surface area (Å²) in [7, 11) is 0. The van der Waals surface area contributed by atoms with E-state index in [1.54, 1.807) is 6.20 Å². The van der Waals surface area contributed by atoms with Gasteiger partial charge in [-0.15, -0.1) is 0 Å². The van der Waals surface area contributed by atoms with Gasteiger partial charge in [0.2, 0.25) is 0 Å². The lowest BCUT2D eigenvalue weighted by atomic mass is 10.0. The Morgan fingerprint density at radius 2 is 1.97 bits per heavy atom. The Labute approximate surface area is 175 Å². The quantitative estimate of drug-likeness (QED) is 0.661. The molecule has 0 saturated carbocycles. The molecule has 0 spiro atoms. The van der Waals surface area contributed by atoms with E-state index in [4.69, 9.17) is 0 Å². The number of amides is 1. The van der Waals surface area contributed by atoms with Crippen molar-refractivity contribution in [2.75, 3.05) is 29.9 Å². The third kappa shape index (κ3) is 4.22. The number of pyridine rings is 2. The second-order valence-electron chi connectivity index (χ2n) is 7.68. The molecule has 0 atom stereocenters. The molecule has 0 bridgehead atoms. The summed E-state index contributed by atoms with van der Waals surface area (Å²) in [5, 5.41) is 4.38. The summed E-state index contributed by atoms with van der Waals surface area (Å²) in [6, 6.07) is 12.3. The van der Waals surface area contributed by atoms with Gasteiger partial charge in [0.15, 0.2) is 5.65 Å².